The third-order valence-electron chi connectivity index (χ3n) is 3.10. The minimum atomic E-state index is -2.84. The maximum absolute atomic E-state index is 11.4. The average molecular weight is 252 g/mol. The summed E-state index contributed by atoms with van der Waals surface area (Å²) in [6.45, 7) is 0. The van der Waals surface area contributed by atoms with Gasteiger partial charge in [-0.15, -0.1) is 5.10 Å². The molecule has 3 heterocycles. The zero-order chi connectivity index (χ0) is 11.9. The van der Waals surface area contributed by atoms with Crippen molar-refractivity contribution in [2.75, 3.05) is 11.5 Å². The van der Waals surface area contributed by atoms with Crippen LogP contribution in [0.25, 0.3) is 11.2 Å². The first-order valence-electron chi connectivity index (χ1n) is 5.52. The van der Waals surface area contributed by atoms with Crippen molar-refractivity contribution in [2.24, 2.45) is 0 Å². The van der Waals surface area contributed by atoms with E-state index in [0.29, 0.717) is 12.8 Å². The fourth-order valence-electron chi connectivity index (χ4n) is 2.15. The third-order valence-corrected chi connectivity index (χ3v) is 4.82. The van der Waals surface area contributed by atoms with Gasteiger partial charge < -0.3 is 0 Å². The van der Waals surface area contributed by atoms with E-state index in [1.54, 1.807) is 10.9 Å². The number of sulfone groups is 1. The first-order valence-corrected chi connectivity index (χ1v) is 7.34. The van der Waals surface area contributed by atoms with Crippen LogP contribution in [0, 0.1) is 0 Å². The maximum atomic E-state index is 11.4. The van der Waals surface area contributed by atoms with Crippen LogP contribution < -0.4 is 0 Å². The second kappa shape index (κ2) is 3.76. The highest BCUT2D eigenvalue weighted by Gasteiger charge is 2.26. The van der Waals surface area contributed by atoms with E-state index in [9.17, 15) is 8.42 Å². The fourth-order valence-corrected chi connectivity index (χ4v) is 3.62. The normalized spacial score (nSPS) is 20.7. The van der Waals surface area contributed by atoms with Crippen molar-refractivity contribution in [3.63, 3.8) is 0 Å². The Morgan fingerprint density at radius 3 is 2.82 bits per heavy atom. The van der Waals surface area contributed by atoms with E-state index in [0.717, 1.165) is 11.2 Å². The molecule has 17 heavy (non-hydrogen) atoms. The minimum Gasteiger partial charge on any atom is -0.235 e. The van der Waals surface area contributed by atoms with Crippen LogP contribution in [0.3, 0.4) is 0 Å². The lowest BCUT2D eigenvalue weighted by Gasteiger charge is -2.21. The molecule has 0 spiro atoms. The lowest BCUT2D eigenvalue weighted by molar-refractivity contribution is 0.413. The first kappa shape index (κ1) is 10.6. The molecular weight excluding hydrogens is 240 g/mol. The predicted octanol–water partition coefficient (Wildman–Crippen LogP) is 0.576. The lowest BCUT2D eigenvalue weighted by atomic mass is 10.1. The van der Waals surface area contributed by atoms with Gasteiger partial charge in [-0.3, -0.25) is 0 Å². The summed E-state index contributed by atoms with van der Waals surface area (Å²) in [5.74, 6) is 0.456. The Balaban J connectivity index is 1.95. The second-order valence-corrected chi connectivity index (χ2v) is 6.57. The molecule has 2 aromatic rings. The average Bonchev–Trinajstić information content (AvgIpc) is 2.73. The molecule has 0 saturated carbocycles. The summed E-state index contributed by atoms with van der Waals surface area (Å²) in [4.78, 5) is 4.24. The van der Waals surface area contributed by atoms with Gasteiger partial charge in [0.15, 0.2) is 5.65 Å². The van der Waals surface area contributed by atoms with Crippen LogP contribution in [0.15, 0.2) is 18.3 Å². The summed E-state index contributed by atoms with van der Waals surface area (Å²) < 4.78 is 24.5. The van der Waals surface area contributed by atoms with Gasteiger partial charge in [0.25, 0.3) is 0 Å². The molecule has 1 aliphatic rings. The Labute approximate surface area is 98.6 Å². The number of hydrogen-bond donors (Lipinski definition) is 0. The minimum absolute atomic E-state index is 0.0958. The molecule has 0 unspecified atom stereocenters. The van der Waals surface area contributed by atoms with Crippen LogP contribution in [-0.2, 0) is 9.84 Å². The van der Waals surface area contributed by atoms with Gasteiger partial charge in [-0.2, -0.15) is 0 Å². The van der Waals surface area contributed by atoms with E-state index in [-0.39, 0.29) is 17.5 Å². The van der Waals surface area contributed by atoms with Gasteiger partial charge in [0.1, 0.15) is 15.4 Å². The van der Waals surface area contributed by atoms with Gasteiger partial charge in [0, 0.05) is 6.20 Å². The summed E-state index contributed by atoms with van der Waals surface area (Å²) in [5, 5.41) is 8.11. The Hall–Kier alpha value is -1.50. The molecule has 0 aromatic carbocycles. The number of fused-ring (bicyclic) bond motifs is 1. The van der Waals surface area contributed by atoms with Crippen molar-refractivity contribution in [3.05, 3.63) is 18.3 Å². The Morgan fingerprint density at radius 2 is 2.06 bits per heavy atom. The first-order chi connectivity index (χ1) is 8.16. The molecule has 0 atom stereocenters. The van der Waals surface area contributed by atoms with Crippen molar-refractivity contribution in [1.29, 1.82) is 0 Å². The van der Waals surface area contributed by atoms with Gasteiger partial charge in [0.2, 0.25) is 0 Å². The van der Waals surface area contributed by atoms with Gasteiger partial charge in [0.05, 0.1) is 17.5 Å². The van der Waals surface area contributed by atoms with Gasteiger partial charge >= 0.3 is 0 Å². The fraction of sp³-hybridized carbons (Fsp3) is 0.500. The molecule has 2 aromatic heterocycles. The molecule has 3 rings (SSSR count). The largest absolute Gasteiger partial charge is 0.235 e. The number of rotatable bonds is 1. The third kappa shape index (κ3) is 1.90. The lowest BCUT2D eigenvalue weighted by Crippen LogP contribution is -2.26. The summed E-state index contributed by atoms with van der Waals surface area (Å²) in [7, 11) is -2.84. The molecule has 1 saturated heterocycles. The molecular formula is C10H12N4O2S. The number of hydrogen-bond acceptors (Lipinski definition) is 5. The smallest absolute Gasteiger partial charge is 0.178 e. The Bertz CT molecular complexity index is 635. The van der Waals surface area contributed by atoms with E-state index in [4.69, 9.17) is 0 Å². The van der Waals surface area contributed by atoms with Crippen LogP contribution in [-0.4, -0.2) is 39.9 Å². The number of pyridine rings is 1. The highest BCUT2D eigenvalue weighted by Crippen LogP contribution is 2.25. The van der Waals surface area contributed by atoms with E-state index in [1.807, 2.05) is 12.1 Å². The number of aromatic nitrogens is 4. The molecule has 0 aliphatic carbocycles. The SMILES string of the molecule is O=S1(=O)CCC(n2nnc3cccnc32)CC1. The van der Waals surface area contributed by atoms with E-state index >= 15 is 0 Å². The van der Waals surface area contributed by atoms with Crippen LogP contribution in [0.4, 0.5) is 0 Å². The van der Waals surface area contributed by atoms with Crippen LogP contribution in [0.1, 0.15) is 18.9 Å². The highest BCUT2D eigenvalue weighted by molar-refractivity contribution is 7.91. The van der Waals surface area contributed by atoms with Crippen LogP contribution >= 0.6 is 0 Å². The van der Waals surface area contributed by atoms with Gasteiger partial charge in [-0.25, -0.2) is 18.1 Å². The zero-order valence-electron chi connectivity index (χ0n) is 9.15. The van der Waals surface area contributed by atoms with Gasteiger partial charge in [-0.05, 0) is 25.0 Å². The summed E-state index contributed by atoms with van der Waals surface area (Å²) in [6, 6.07) is 3.76. The molecule has 6 nitrogen and oxygen atoms in total. The molecule has 1 fully saturated rings. The Morgan fingerprint density at radius 1 is 1.29 bits per heavy atom. The maximum Gasteiger partial charge on any atom is 0.178 e. The summed E-state index contributed by atoms with van der Waals surface area (Å²) in [5.41, 5.74) is 1.48. The van der Waals surface area contributed by atoms with Crippen molar-refractivity contribution in [1.82, 2.24) is 20.0 Å². The molecule has 0 amide bonds. The summed E-state index contributed by atoms with van der Waals surface area (Å²) in [6.07, 6.45) is 2.89. The molecule has 7 heteroatoms. The van der Waals surface area contributed by atoms with Crippen molar-refractivity contribution in [2.45, 2.75) is 18.9 Å². The quantitative estimate of drug-likeness (QED) is 0.741. The van der Waals surface area contributed by atoms with E-state index in [2.05, 4.69) is 15.3 Å². The monoisotopic (exact) mass is 252 g/mol. The van der Waals surface area contributed by atoms with Crippen molar-refractivity contribution in [3.8, 4) is 0 Å². The van der Waals surface area contributed by atoms with E-state index < -0.39 is 9.84 Å². The van der Waals surface area contributed by atoms with Gasteiger partial charge in [-0.1, -0.05) is 5.21 Å². The Kier molecular flexibility index (Phi) is 2.36. The second-order valence-electron chi connectivity index (χ2n) is 4.26. The molecule has 0 N–H and O–H groups in total. The zero-order valence-corrected chi connectivity index (χ0v) is 9.97. The standard InChI is InChI=1S/C10H12N4O2S/c15-17(16)6-3-8(4-7-17)14-10-9(12-13-14)2-1-5-11-10/h1-2,5,8H,3-4,6-7H2. The van der Waals surface area contributed by atoms with Crippen molar-refractivity contribution >= 4 is 21.0 Å². The van der Waals surface area contributed by atoms with Crippen molar-refractivity contribution < 1.29 is 8.42 Å². The van der Waals surface area contributed by atoms with Crippen LogP contribution in [0.5, 0.6) is 0 Å². The van der Waals surface area contributed by atoms with E-state index in [1.165, 1.54) is 0 Å². The molecule has 0 radical (unpaired) electrons. The van der Waals surface area contributed by atoms with Crippen LogP contribution in [0.2, 0.25) is 0 Å². The topological polar surface area (TPSA) is 77.7 Å². The molecule has 0 bridgehead atoms. The number of nitrogens with zero attached hydrogens (tertiary/aromatic N) is 4. The molecule has 90 valence electrons. The highest BCUT2D eigenvalue weighted by atomic mass is 32.2. The molecule has 1 aliphatic heterocycles. The predicted molar refractivity (Wildman–Crippen MR) is 62.2 cm³/mol. The summed E-state index contributed by atoms with van der Waals surface area (Å²) >= 11 is 0.